The number of ether oxygens (including phenoxy) is 1. The molecule has 116 valence electrons. The van der Waals surface area contributed by atoms with Crippen LogP contribution in [0.5, 0.6) is 5.75 Å². The standard InChI is InChI=1S/C16H15F2NO3/c17-14-2-1-3-15(18)13(14)10-16(21)19-11-4-6-12(7-5-11)22-9-8-20/h1-7,20H,8-10H2,(H,19,21). The second-order valence-corrected chi connectivity index (χ2v) is 4.52. The van der Waals surface area contributed by atoms with E-state index in [0.717, 1.165) is 12.1 Å². The van der Waals surface area contributed by atoms with Gasteiger partial charge in [0.25, 0.3) is 0 Å². The number of hydrogen-bond acceptors (Lipinski definition) is 3. The van der Waals surface area contributed by atoms with E-state index in [2.05, 4.69) is 5.32 Å². The van der Waals surface area contributed by atoms with Crippen LogP contribution in [0.25, 0.3) is 0 Å². The average molecular weight is 307 g/mol. The SMILES string of the molecule is O=C(Cc1c(F)cccc1F)Nc1ccc(OCCO)cc1. The van der Waals surface area contributed by atoms with Crippen LogP contribution in [0.15, 0.2) is 42.5 Å². The molecule has 2 rings (SSSR count). The number of aliphatic hydroxyl groups is 1. The summed E-state index contributed by atoms with van der Waals surface area (Å²) in [7, 11) is 0. The molecule has 0 radical (unpaired) electrons. The normalized spacial score (nSPS) is 10.3. The Bertz CT molecular complexity index is 624. The summed E-state index contributed by atoms with van der Waals surface area (Å²) in [6.07, 6.45) is -0.388. The molecule has 1 amide bonds. The molecule has 2 aromatic rings. The van der Waals surface area contributed by atoms with Gasteiger partial charge in [-0.3, -0.25) is 4.79 Å². The van der Waals surface area contributed by atoms with Gasteiger partial charge in [-0.15, -0.1) is 0 Å². The minimum absolute atomic E-state index is 0.0906. The molecule has 0 unspecified atom stereocenters. The monoisotopic (exact) mass is 307 g/mol. The summed E-state index contributed by atoms with van der Waals surface area (Å²) in [5.41, 5.74) is 0.223. The van der Waals surface area contributed by atoms with Crippen LogP contribution in [-0.2, 0) is 11.2 Å². The van der Waals surface area contributed by atoms with E-state index in [1.807, 2.05) is 0 Å². The van der Waals surface area contributed by atoms with Gasteiger partial charge < -0.3 is 15.2 Å². The molecule has 22 heavy (non-hydrogen) atoms. The number of anilines is 1. The summed E-state index contributed by atoms with van der Waals surface area (Å²) in [6, 6.07) is 9.91. The fourth-order valence-electron chi connectivity index (χ4n) is 1.86. The van der Waals surface area contributed by atoms with Crippen LogP contribution in [0, 0.1) is 11.6 Å². The van der Waals surface area contributed by atoms with E-state index in [1.165, 1.54) is 6.07 Å². The minimum Gasteiger partial charge on any atom is -0.491 e. The van der Waals surface area contributed by atoms with Gasteiger partial charge in [-0.1, -0.05) is 6.07 Å². The lowest BCUT2D eigenvalue weighted by molar-refractivity contribution is -0.115. The summed E-state index contributed by atoms with van der Waals surface area (Å²) in [5, 5.41) is 11.2. The molecule has 0 fully saturated rings. The predicted octanol–water partition coefficient (Wildman–Crippen LogP) is 2.52. The average Bonchev–Trinajstić information content (AvgIpc) is 2.50. The molecular weight excluding hydrogens is 292 g/mol. The molecule has 0 aromatic heterocycles. The Morgan fingerprint density at radius 2 is 1.73 bits per heavy atom. The zero-order chi connectivity index (χ0) is 15.9. The van der Waals surface area contributed by atoms with Crippen molar-refractivity contribution < 1.29 is 23.4 Å². The second kappa shape index (κ2) is 7.51. The number of halogens is 2. The number of aliphatic hydroxyl groups excluding tert-OH is 1. The number of rotatable bonds is 6. The van der Waals surface area contributed by atoms with Crippen LogP contribution in [0.4, 0.5) is 14.5 Å². The molecule has 0 aliphatic rings. The van der Waals surface area contributed by atoms with Gasteiger partial charge in [0.2, 0.25) is 5.91 Å². The van der Waals surface area contributed by atoms with Crippen molar-refractivity contribution in [3.8, 4) is 5.75 Å². The van der Waals surface area contributed by atoms with Crippen LogP contribution in [0.2, 0.25) is 0 Å². The molecule has 0 heterocycles. The van der Waals surface area contributed by atoms with Gasteiger partial charge in [-0.25, -0.2) is 8.78 Å². The Hall–Kier alpha value is -2.47. The highest BCUT2D eigenvalue weighted by atomic mass is 19.1. The Labute approximate surface area is 126 Å². The third kappa shape index (κ3) is 4.26. The minimum atomic E-state index is -0.747. The molecular formula is C16H15F2NO3. The number of amides is 1. The number of hydrogen-bond donors (Lipinski definition) is 2. The summed E-state index contributed by atoms with van der Waals surface area (Å²) in [6.45, 7) is 0.0883. The smallest absolute Gasteiger partial charge is 0.229 e. The van der Waals surface area contributed by atoms with Crippen molar-refractivity contribution in [3.63, 3.8) is 0 Å². The van der Waals surface area contributed by atoms with Crippen LogP contribution < -0.4 is 10.1 Å². The van der Waals surface area contributed by atoms with Gasteiger partial charge in [0, 0.05) is 11.3 Å². The predicted molar refractivity (Wildman–Crippen MR) is 77.7 cm³/mol. The number of carbonyl (C=O) groups excluding carboxylic acids is 1. The largest absolute Gasteiger partial charge is 0.491 e. The number of carbonyl (C=O) groups is 1. The molecule has 0 saturated heterocycles. The molecule has 2 aromatic carbocycles. The fraction of sp³-hybridized carbons (Fsp3) is 0.188. The molecule has 0 atom stereocenters. The molecule has 0 bridgehead atoms. The molecule has 0 aliphatic carbocycles. The Balaban J connectivity index is 1.97. The summed E-state index contributed by atoms with van der Waals surface area (Å²) < 4.78 is 32.1. The van der Waals surface area contributed by atoms with E-state index in [0.29, 0.717) is 11.4 Å². The van der Waals surface area contributed by atoms with Gasteiger partial charge >= 0.3 is 0 Å². The van der Waals surface area contributed by atoms with Crippen molar-refractivity contribution in [2.75, 3.05) is 18.5 Å². The van der Waals surface area contributed by atoms with Crippen LogP contribution in [0.1, 0.15) is 5.56 Å². The van der Waals surface area contributed by atoms with E-state index in [9.17, 15) is 13.6 Å². The first-order chi connectivity index (χ1) is 10.6. The zero-order valence-electron chi connectivity index (χ0n) is 11.7. The number of benzene rings is 2. The highest BCUT2D eigenvalue weighted by Gasteiger charge is 2.13. The molecule has 0 saturated carbocycles. The molecule has 0 aliphatic heterocycles. The first kappa shape index (κ1) is 15.9. The van der Waals surface area contributed by atoms with Gasteiger partial charge in [0.1, 0.15) is 24.0 Å². The quantitative estimate of drug-likeness (QED) is 0.862. The van der Waals surface area contributed by atoms with E-state index >= 15 is 0 Å². The first-order valence-electron chi connectivity index (χ1n) is 6.66. The van der Waals surface area contributed by atoms with Crippen molar-refractivity contribution in [1.82, 2.24) is 0 Å². The summed E-state index contributed by atoms with van der Waals surface area (Å²) >= 11 is 0. The molecule has 6 heteroatoms. The third-order valence-corrected chi connectivity index (χ3v) is 2.90. The first-order valence-corrected chi connectivity index (χ1v) is 6.66. The molecule has 0 spiro atoms. The molecule has 2 N–H and O–H groups in total. The van der Waals surface area contributed by atoms with E-state index in [-0.39, 0.29) is 25.2 Å². The Morgan fingerprint density at radius 3 is 2.32 bits per heavy atom. The van der Waals surface area contributed by atoms with Crippen molar-refractivity contribution in [2.24, 2.45) is 0 Å². The van der Waals surface area contributed by atoms with Gasteiger partial charge in [-0.2, -0.15) is 0 Å². The maximum atomic E-state index is 13.5. The maximum absolute atomic E-state index is 13.5. The Morgan fingerprint density at radius 1 is 1.09 bits per heavy atom. The maximum Gasteiger partial charge on any atom is 0.229 e. The zero-order valence-corrected chi connectivity index (χ0v) is 11.7. The second-order valence-electron chi connectivity index (χ2n) is 4.52. The topological polar surface area (TPSA) is 58.6 Å². The highest BCUT2D eigenvalue weighted by molar-refractivity contribution is 5.92. The number of nitrogens with one attached hydrogen (secondary N) is 1. The highest BCUT2D eigenvalue weighted by Crippen LogP contribution is 2.17. The summed E-state index contributed by atoms with van der Waals surface area (Å²) in [4.78, 5) is 11.8. The van der Waals surface area contributed by atoms with Crippen LogP contribution in [0.3, 0.4) is 0 Å². The van der Waals surface area contributed by atoms with Crippen LogP contribution in [-0.4, -0.2) is 24.2 Å². The van der Waals surface area contributed by atoms with E-state index < -0.39 is 17.5 Å². The third-order valence-electron chi connectivity index (χ3n) is 2.90. The van der Waals surface area contributed by atoms with E-state index in [1.54, 1.807) is 24.3 Å². The lowest BCUT2D eigenvalue weighted by Gasteiger charge is -2.08. The van der Waals surface area contributed by atoms with Crippen LogP contribution >= 0.6 is 0 Å². The van der Waals surface area contributed by atoms with Gasteiger partial charge in [-0.05, 0) is 36.4 Å². The van der Waals surface area contributed by atoms with Gasteiger partial charge in [0.05, 0.1) is 13.0 Å². The van der Waals surface area contributed by atoms with Gasteiger partial charge in [0.15, 0.2) is 0 Å². The van der Waals surface area contributed by atoms with Crippen molar-refractivity contribution in [1.29, 1.82) is 0 Å². The lowest BCUT2D eigenvalue weighted by atomic mass is 10.1. The van der Waals surface area contributed by atoms with Crippen molar-refractivity contribution in [2.45, 2.75) is 6.42 Å². The lowest BCUT2D eigenvalue weighted by Crippen LogP contribution is -2.16. The van der Waals surface area contributed by atoms with Crippen molar-refractivity contribution >= 4 is 11.6 Å². The fourth-order valence-corrected chi connectivity index (χ4v) is 1.86. The molecule has 4 nitrogen and oxygen atoms in total. The van der Waals surface area contributed by atoms with Crippen molar-refractivity contribution in [3.05, 3.63) is 59.7 Å². The Kier molecular flexibility index (Phi) is 5.43. The summed E-state index contributed by atoms with van der Waals surface area (Å²) in [5.74, 6) is -1.47. The van der Waals surface area contributed by atoms with E-state index in [4.69, 9.17) is 9.84 Å².